The summed E-state index contributed by atoms with van der Waals surface area (Å²) in [6, 6.07) is 26.6. The van der Waals surface area contributed by atoms with Crippen molar-refractivity contribution in [2.75, 3.05) is 5.32 Å². The van der Waals surface area contributed by atoms with Crippen LogP contribution in [0.15, 0.2) is 97.3 Å². The normalized spacial score (nSPS) is 16.9. The lowest BCUT2D eigenvalue weighted by atomic mass is 10.1. The molecular weight excluding hydrogens is 452 g/mol. The van der Waals surface area contributed by atoms with Crippen LogP contribution in [0.2, 0.25) is 0 Å². The van der Waals surface area contributed by atoms with Crippen molar-refractivity contribution in [3.8, 4) is 11.6 Å². The molecule has 1 amide bonds. The van der Waals surface area contributed by atoms with Crippen LogP contribution in [0, 0.1) is 0 Å². The molecule has 1 saturated carbocycles. The van der Waals surface area contributed by atoms with Gasteiger partial charge in [-0.05, 0) is 73.4 Å². The molecule has 1 aliphatic rings. The van der Waals surface area contributed by atoms with Gasteiger partial charge in [0.15, 0.2) is 0 Å². The number of nitrogens with one attached hydrogen (secondary N) is 2. The number of carbonyl (C=O) groups excluding carboxylic acids is 1. The Morgan fingerprint density at radius 2 is 1.67 bits per heavy atom. The van der Waals surface area contributed by atoms with E-state index in [2.05, 4.69) is 20.6 Å². The SMILES string of the molecule is O=C(N[C@H]1CCC[C@@H]1OCc1ccccc1)c1cccnc1Oc1ccc(Nc2ccccn2)cc1. The van der Waals surface area contributed by atoms with Crippen LogP contribution in [-0.4, -0.2) is 28.0 Å². The van der Waals surface area contributed by atoms with E-state index in [0.29, 0.717) is 17.9 Å². The van der Waals surface area contributed by atoms with Crippen molar-refractivity contribution in [3.63, 3.8) is 0 Å². The maximum Gasteiger partial charge on any atom is 0.257 e. The molecule has 7 nitrogen and oxygen atoms in total. The highest BCUT2D eigenvalue weighted by atomic mass is 16.5. The maximum absolute atomic E-state index is 13.2. The standard InChI is InChI=1S/C29H28N4O3/c34-28(33-25-11-6-12-26(25)35-20-21-8-2-1-3-9-21)24-10-7-19-31-29(24)36-23-16-14-22(15-17-23)32-27-13-4-5-18-30-27/h1-5,7-10,13-19,25-26H,6,11-12,20H2,(H,30,32)(H,33,34)/t25-,26-/m0/s1. The number of hydrogen-bond acceptors (Lipinski definition) is 6. The van der Waals surface area contributed by atoms with Crippen LogP contribution in [0.1, 0.15) is 35.2 Å². The molecule has 2 N–H and O–H groups in total. The number of rotatable bonds is 9. The number of amides is 1. The Labute approximate surface area is 210 Å². The van der Waals surface area contributed by atoms with Gasteiger partial charge in [0.1, 0.15) is 17.1 Å². The zero-order valence-electron chi connectivity index (χ0n) is 19.8. The predicted octanol–water partition coefficient (Wildman–Crippen LogP) is 5.88. The lowest BCUT2D eigenvalue weighted by Crippen LogP contribution is -2.41. The summed E-state index contributed by atoms with van der Waals surface area (Å²) in [5.41, 5.74) is 2.39. The number of nitrogens with zero attached hydrogens (tertiary/aromatic N) is 2. The molecule has 2 heterocycles. The van der Waals surface area contributed by atoms with Crippen molar-refractivity contribution < 1.29 is 14.3 Å². The molecule has 1 fully saturated rings. The molecule has 182 valence electrons. The lowest BCUT2D eigenvalue weighted by molar-refractivity contribution is 0.0271. The minimum absolute atomic E-state index is 0.0191. The number of ether oxygens (including phenoxy) is 2. The van der Waals surface area contributed by atoms with Crippen LogP contribution in [0.25, 0.3) is 0 Å². The van der Waals surface area contributed by atoms with Gasteiger partial charge in [-0.2, -0.15) is 0 Å². The highest BCUT2D eigenvalue weighted by molar-refractivity contribution is 5.96. The molecule has 1 aliphatic carbocycles. The topological polar surface area (TPSA) is 85.4 Å². The first kappa shape index (κ1) is 23.5. The van der Waals surface area contributed by atoms with E-state index in [-0.39, 0.29) is 23.9 Å². The molecule has 4 aromatic rings. The number of hydrogen-bond donors (Lipinski definition) is 2. The highest BCUT2D eigenvalue weighted by Crippen LogP contribution is 2.27. The smallest absolute Gasteiger partial charge is 0.257 e. The van der Waals surface area contributed by atoms with E-state index in [4.69, 9.17) is 9.47 Å². The lowest BCUT2D eigenvalue weighted by Gasteiger charge is -2.22. The summed E-state index contributed by atoms with van der Waals surface area (Å²) < 4.78 is 12.1. The Hall–Kier alpha value is -4.23. The zero-order valence-corrected chi connectivity index (χ0v) is 19.8. The average Bonchev–Trinajstić information content (AvgIpc) is 3.37. The largest absolute Gasteiger partial charge is 0.438 e. The Morgan fingerprint density at radius 3 is 2.47 bits per heavy atom. The molecule has 2 aromatic heterocycles. The summed E-state index contributed by atoms with van der Waals surface area (Å²) in [7, 11) is 0. The third-order valence-corrected chi connectivity index (χ3v) is 6.10. The third kappa shape index (κ3) is 6.06. The summed E-state index contributed by atoms with van der Waals surface area (Å²) in [5, 5.41) is 6.37. The molecule has 0 aliphatic heterocycles. The van der Waals surface area contributed by atoms with Gasteiger partial charge in [-0.1, -0.05) is 36.4 Å². The van der Waals surface area contributed by atoms with E-state index in [1.807, 2.05) is 72.8 Å². The van der Waals surface area contributed by atoms with Crippen LogP contribution in [0.4, 0.5) is 11.5 Å². The van der Waals surface area contributed by atoms with Crippen molar-refractivity contribution in [1.82, 2.24) is 15.3 Å². The van der Waals surface area contributed by atoms with Gasteiger partial charge in [-0.3, -0.25) is 4.79 Å². The van der Waals surface area contributed by atoms with Crippen LogP contribution < -0.4 is 15.4 Å². The molecule has 7 heteroatoms. The zero-order chi connectivity index (χ0) is 24.6. The molecule has 2 atom stereocenters. The van der Waals surface area contributed by atoms with Crippen molar-refractivity contribution in [3.05, 3.63) is 108 Å². The van der Waals surface area contributed by atoms with Gasteiger partial charge < -0.3 is 20.1 Å². The molecular formula is C29H28N4O3. The average molecular weight is 481 g/mol. The Balaban J connectivity index is 1.21. The second-order valence-corrected chi connectivity index (χ2v) is 8.67. The van der Waals surface area contributed by atoms with Crippen LogP contribution >= 0.6 is 0 Å². The second-order valence-electron chi connectivity index (χ2n) is 8.67. The van der Waals surface area contributed by atoms with Crippen LogP contribution in [-0.2, 0) is 11.3 Å². The van der Waals surface area contributed by atoms with E-state index in [0.717, 1.165) is 36.3 Å². The number of aromatic nitrogens is 2. The molecule has 0 spiro atoms. The fourth-order valence-corrected chi connectivity index (χ4v) is 4.26. The van der Waals surface area contributed by atoms with E-state index in [1.165, 1.54) is 0 Å². The van der Waals surface area contributed by atoms with Gasteiger partial charge >= 0.3 is 0 Å². The van der Waals surface area contributed by atoms with E-state index in [9.17, 15) is 4.79 Å². The van der Waals surface area contributed by atoms with Gasteiger partial charge in [0.25, 0.3) is 5.91 Å². The molecule has 0 saturated heterocycles. The Bertz CT molecular complexity index is 1270. The minimum Gasteiger partial charge on any atom is -0.438 e. The summed E-state index contributed by atoms with van der Waals surface area (Å²) >= 11 is 0. The first-order valence-corrected chi connectivity index (χ1v) is 12.1. The number of benzene rings is 2. The molecule has 2 aromatic carbocycles. The maximum atomic E-state index is 13.2. The first-order chi connectivity index (χ1) is 17.7. The molecule has 36 heavy (non-hydrogen) atoms. The van der Waals surface area contributed by atoms with E-state index in [1.54, 1.807) is 24.5 Å². The van der Waals surface area contributed by atoms with Gasteiger partial charge in [0.05, 0.1) is 18.8 Å². The Morgan fingerprint density at radius 1 is 0.861 bits per heavy atom. The minimum atomic E-state index is -0.216. The third-order valence-electron chi connectivity index (χ3n) is 6.10. The monoisotopic (exact) mass is 480 g/mol. The van der Waals surface area contributed by atoms with Gasteiger partial charge in [0.2, 0.25) is 5.88 Å². The van der Waals surface area contributed by atoms with Crippen molar-refractivity contribution >= 4 is 17.4 Å². The summed E-state index contributed by atoms with van der Waals surface area (Å²) in [6.07, 6.45) is 6.15. The predicted molar refractivity (Wildman–Crippen MR) is 138 cm³/mol. The van der Waals surface area contributed by atoms with Crippen LogP contribution in [0.5, 0.6) is 11.6 Å². The number of pyridine rings is 2. The van der Waals surface area contributed by atoms with E-state index >= 15 is 0 Å². The fraction of sp³-hybridized carbons (Fsp3) is 0.207. The van der Waals surface area contributed by atoms with Gasteiger partial charge in [-0.15, -0.1) is 0 Å². The fourth-order valence-electron chi connectivity index (χ4n) is 4.26. The molecule has 0 radical (unpaired) electrons. The first-order valence-electron chi connectivity index (χ1n) is 12.1. The number of carbonyl (C=O) groups is 1. The van der Waals surface area contributed by atoms with E-state index < -0.39 is 0 Å². The van der Waals surface area contributed by atoms with Crippen molar-refractivity contribution in [2.24, 2.45) is 0 Å². The number of anilines is 2. The highest BCUT2D eigenvalue weighted by Gasteiger charge is 2.30. The quantitative estimate of drug-likeness (QED) is 0.311. The molecule has 5 rings (SSSR count). The van der Waals surface area contributed by atoms with Gasteiger partial charge in [-0.25, -0.2) is 9.97 Å². The summed E-state index contributed by atoms with van der Waals surface area (Å²) in [6.45, 7) is 0.532. The summed E-state index contributed by atoms with van der Waals surface area (Å²) in [4.78, 5) is 21.8. The van der Waals surface area contributed by atoms with Crippen molar-refractivity contribution in [1.29, 1.82) is 0 Å². The summed E-state index contributed by atoms with van der Waals surface area (Å²) in [5.74, 6) is 1.39. The Kier molecular flexibility index (Phi) is 7.49. The molecule has 0 unspecified atom stereocenters. The molecule has 0 bridgehead atoms. The second kappa shape index (κ2) is 11.5. The van der Waals surface area contributed by atoms with Crippen molar-refractivity contribution in [2.45, 2.75) is 38.0 Å². The van der Waals surface area contributed by atoms with Gasteiger partial charge in [0, 0.05) is 18.1 Å². The van der Waals surface area contributed by atoms with Crippen LogP contribution in [0.3, 0.4) is 0 Å².